The fraction of sp³-hybridized carbons (Fsp3) is 0. The summed E-state index contributed by atoms with van der Waals surface area (Å²) in [6, 6.07) is 42.7. The lowest BCUT2D eigenvalue weighted by Gasteiger charge is -2.11. The lowest BCUT2D eigenvalue weighted by Crippen LogP contribution is -1.94. The number of pyridine rings is 3. The molecule has 6 aromatic rings. The zero-order chi connectivity index (χ0) is 25.6. The van der Waals surface area contributed by atoms with E-state index in [2.05, 4.69) is 93.4 Å². The number of nitrogens with zero attached hydrogens (tertiary/aromatic N) is 3. The summed E-state index contributed by atoms with van der Waals surface area (Å²) in [5.41, 5.74) is 9.59. The number of para-hydroxylation sites is 1. The third kappa shape index (κ3) is 5.42. The van der Waals surface area contributed by atoms with Gasteiger partial charge in [-0.2, -0.15) is 0 Å². The molecule has 3 heterocycles. The molecular formula is C33H25N5. The Morgan fingerprint density at radius 3 is 1.29 bits per heavy atom. The van der Waals surface area contributed by atoms with Gasteiger partial charge in [0, 0.05) is 35.1 Å². The second-order valence-electron chi connectivity index (χ2n) is 8.83. The van der Waals surface area contributed by atoms with E-state index in [-0.39, 0.29) is 0 Å². The Morgan fingerprint density at radius 2 is 0.816 bits per heavy atom. The highest BCUT2D eigenvalue weighted by molar-refractivity contribution is 5.76. The topological polar surface area (TPSA) is 62.7 Å². The number of rotatable bonds is 7. The molecule has 0 bridgehead atoms. The molecule has 38 heavy (non-hydrogen) atoms. The molecule has 0 aliphatic heterocycles. The highest BCUT2D eigenvalue weighted by atomic mass is 14.9. The Bertz CT molecular complexity index is 1560. The molecule has 3 aromatic heterocycles. The second kappa shape index (κ2) is 10.8. The second-order valence-corrected chi connectivity index (χ2v) is 8.83. The monoisotopic (exact) mass is 491 g/mol. The summed E-state index contributed by atoms with van der Waals surface area (Å²) in [5.74, 6) is 0. The third-order valence-electron chi connectivity index (χ3n) is 6.13. The Morgan fingerprint density at radius 1 is 0.368 bits per heavy atom. The van der Waals surface area contributed by atoms with Crippen LogP contribution in [0.3, 0.4) is 0 Å². The Labute approximate surface area is 221 Å². The van der Waals surface area contributed by atoms with Crippen LogP contribution in [-0.2, 0) is 0 Å². The molecule has 0 amide bonds. The number of hydrogen-bond acceptors (Lipinski definition) is 5. The van der Waals surface area contributed by atoms with Crippen molar-refractivity contribution in [3.8, 4) is 33.9 Å². The lowest BCUT2D eigenvalue weighted by molar-refractivity contribution is 1.22. The van der Waals surface area contributed by atoms with Crippen LogP contribution in [-0.4, -0.2) is 15.0 Å². The van der Waals surface area contributed by atoms with E-state index in [1.807, 2.05) is 54.6 Å². The van der Waals surface area contributed by atoms with Crippen molar-refractivity contribution < 1.29 is 0 Å². The molecule has 2 N–H and O–H groups in total. The van der Waals surface area contributed by atoms with Gasteiger partial charge in [-0.15, -0.1) is 0 Å². The molecule has 0 saturated carbocycles. The van der Waals surface area contributed by atoms with Crippen LogP contribution in [0.4, 0.5) is 22.7 Å². The highest BCUT2D eigenvalue weighted by Crippen LogP contribution is 2.30. The van der Waals surface area contributed by atoms with Crippen LogP contribution in [0.15, 0.2) is 140 Å². The maximum absolute atomic E-state index is 4.86. The minimum Gasteiger partial charge on any atom is -0.356 e. The molecule has 6 rings (SSSR count). The first kappa shape index (κ1) is 23.1. The van der Waals surface area contributed by atoms with E-state index in [0.29, 0.717) is 0 Å². The SMILES string of the molecule is c1ccc(Nc2ccc(Nc3ccc(-c4cc(-c5ccccn5)nc(-c5ccccn5)c4)cc3)cc2)cc1. The van der Waals surface area contributed by atoms with Gasteiger partial charge in [0.1, 0.15) is 0 Å². The molecule has 0 aliphatic carbocycles. The van der Waals surface area contributed by atoms with Gasteiger partial charge in [-0.1, -0.05) is 42.5 Å². The van der Waals surface area contributed by atoms with Crippen LogP contribution in [0, 0.1) is 0 Å². The predicted molar refractivity (Wildman–Crippen MR) is 156 cm³/mol. The summed E-state index contributed by atoms with van der Waals surface area (Å²) in [6.45, 7) is 0. The van der Waals surface area contributed by atoms with E-state index in [1.54, 1.807) is 12.4 Å². The van der Waals surface area contributed by atoms with Gasteiger partial charge >= 0.3 is 0 Å². The summed E-state index contributed by atoms with van der Waals surface area (Å²) in [5, 5.41) is 6.90. The fourth-order valence-electron chi connectivity index (χ4n) is 4.23. The van der Waals surface area contributed by atoms with Crippen molar-refractivity contribution in [1.82, 2.24) is 15.0 Å². The molecule has 182 valence electrons. The fourth-order valence-corrected chi connectivity index (χ4v) is 4.23. The van der Waals surface area contributed by atoms with Crippen LogP contribution in [0.25, 0.3) is 33.9 Å². The van der Waals surface area contributed by atoms with Gasteiger partial charge in [0.25, 0.3) is 0 Å². The lowest BCUT2D eigenvalue weighted by atomic mass is 10.0. The van der Waals surface area contributed by atoms with Crippen molar-refractivity contribution in [2.75, 3.05) is 10.6 Å². The minimum atomic E-state index is 0.815. The van der Waals surface area contributed by atoms with Crippen molar-refractivity contribution in [1.29, 1.82) is 0 Å². The number of hydrogen-bond donors (Lipinski definition) is 2. The van der Waals surface area contributed by atoms with Gasteiger partial charge in [-0.05, 0) is 96.1 Å². The standard InChI is InChI=1S/C33H25N5/c1-2-8-26(9-3-1)36-28-16-18-29(19-17-28)37-27-14-12-24(13-15-27)25-22-32(30-10-4-6-20-34-30)38-33(23-25)31-11-5-7-21-35-31/h1-23,36-37H. The number of anilines is 4. The molecule has 0 fully saturated rings. The molecule has 5 nitrogen and oxygen atoms in total. The number of benzene rings is 3. The molecule has 0 atom stereocenters. The van der Waals surface area contributed by atoms with Crippen LogP contribution >= 0.6 is 0 Å². The molecule has 0 aliphatic rings. The zero-order valence-corrected chi connectivity index (χ0v) is 20.6. The molecule has 0 saturated heterocycles. The van der Waals surface area contributed by atoms with E-state index in [9.17, 15) is 0 Å². The number of nitrogens with one attached hydrogen (secondary N) is 2. The smallest absolute Gasteiger partial charge is 0.0900 e. The van der Waals surface area contributed by atoms with Crippen LogP contribution < -0.4 is 10.6 Å². The van der Waals surface area contributed by atoms with Crippen LogP contribution in [0.2, 0.25) is 0 Å². The molecule has 0 spiro atoms. The summed E-state index contributed by atoms with van der Waals surface area (Å²) in [4.78, 5) is 13.9. The maximum atomic E-state index is 4.86. The van der Waals surface area contributed by atoms with Gasteiger partial charge in [0.2, 0.25) is 0 Å². The Kier molecular flexibility index (Phi) is 6.55. The Hall–Kier alpha value is -5.29. The molecular weight excluding hydrogens is 466 g/mol. The van der Waals surface area contributed by atoms with E-state index in [1.165, 1.54) is 0 Å². The normalized spacial score (nSPS) is 10.6. The first-order valence-corrected chi connectivity index (χ1v) is 12.4. The van der Waals surface area contributed by atoms with E-state index >= 15 is 0 Å². The number of aromatic nitrogens is 3. The van der Waals surface area contributed by atoms with Gasteiger partial charge in [-0.25, -0.2) is 4.98 Å². The average molecular weight is 492 g/mol. The van der Waals surface area contributed by atoms with E-state index < -0.39 is 0 Å². The van der Waals surface area contributed by atoms with E-state index in [4.69, 9.17) is 4.98 Å². The van der Waals surface area contributed by atoms with Crippen molar-refractivity contribution >= 4 is 22.7 Å². The molecule has 0 radical (unpaired) electrons. The first-order chi connectivity index (χ1) is 18.8. The van der Waals surface area contributed by atoms with Crippen molar-refractivity contribution in [2.24, 2.45) is 0 Å². The summed E-state index contributed by atoms with van der Waals surface area (Å²) < 4.78 is 0. The maximum Gasteiger partial charge on any atom is 0.0900 e. The van der Waals surface area contributed by atoms with Gasteiger partial charge in [0.15, 0.2) is 0 Å². The van der Waals surface area contributed by atoms with Crippen LogP contribution in [0.1, 0.15) is 0 Å². The van der Waals surface area contributed by atoms with Gasteiger partial charge in [-0.3, -0.25) is 9.97 Å². The summed E-state index contributed by atoms with van der Waals surface area (Å²) in [6.07, 6.45) is 3.57. The molecule has 5 heteroatoms. The largest absolute Gasteiger partial charge is 0.356 e. The quantitative estimate of drug-likeness (QED) is 0.235. The van der Waals surface area contributed by atoms with Crippen molar-refractivity contribution in [2.45, 2.75) is 0 Å². The average Bonchev–Trinajstić information content (AvgIpc) is 3.00. The molecule has 3 aromatic carbocycles. The zero-order valence-electron chi connectivity index (χ0n) is 20.6. The van der Waals surface area contributed by atoms with Crippen LogP contribution in [0.5, 0.6) is 0 Å². The van der Waals surface area contributed by atoms with Gasteiger partial charge < -0.3 is 10.6 Å². The van der Waals surface area contributed by atoms with Crippen molar-refractivity contribution in [3.63, 3.8) is 0 Å². The van der Waals surface area contributed by atoms with Crippen molar-refractivity contribution in [3.05, 3.63) is 140 Å². The highest BCUT2D eigenvalue weighted by Gasteiger charge is 2.10. The molecule has 0 unspecified atom stereocenters. The third-order valence-corrected chi connectivity index (χ3v) is 6.13. The summed E-state index contributed by atoms with van der Waals surface area (Å²) in [7, 11) is 0. The Balaban J connectivity index is 1.24. The summed E-state index contributed by atoms with van der Waals surface area (Å²) >= 11 is 0. The van der Waals surface area contributed by atoms with Gasteiger partial charge in [0.05, 0.1) is 22.8 Å². The predicted octanol–water partition coefficient (Wildman–Crippen LogP) is 8.36. The minimum absolute atomic E-state index is 0.815. The first-order valence-electron chi connectivity index (χ1n) is 12.4. The van der Waals surface area contributed by atoms with E-state index in [0.717, 1.165) is 56.7 Å².